The van der Waals surface area contributed by atoms with E-state index < -0.39 is 18.4 Å². The summed E-state index contributed by atoms with van der Waals surface area (Å²) in [5, 5.41) is 8.90. The van der Waals surface area contributed by atoms with Crippen LogP contribution in [0.2, 0.25) is 0 Å². The van der Waals surface area contributed by atoms with Gasteiger partial charge in [-0.1, -0.05) is 13.8 Å². The van der Waals surface area contributed by atoms with Crippen LogP contribution >= 0.6 is 0 Å². The Morgan fingerprint density at radius 2 is 1.89 bits per heavy atom. The number of methoxy groups -OCH3 is 1. The van der Waals surface area contributed by atoms with Gasteiger partial charge in [0, 0.05) is 5.56 Å². The molecule has 0 aliphatic heterocycles. The van der Waals surface area contributed by atoms with Gasteiger partial charge in [-0.2, -0.15) is 0 Å². The van der Waals surface area contributed by atoms with Gasteiger partial charge in [-0.05, 0) is 36.1 Å². The molecule has 0 saturated heterocycles. The SMILES string of the molecule is CCC(C)c1cc(C(=O)CO)cc(C(=O)OC)c1. The number of esters is 1. The predicted molar refractivity (Wildman–Crippen MR) is 67.9 cm³/mol. The van der Waals surface area contributed by atoms with E-state index in [2.05, 4.69) is 4.74 Å². The summed E-state index contributed by atoms with van der Waals surface area (Å²) in [6, 6.07) is 4.91. The number of aliphatic hydroxyl groups excluding tert-OH is 1. The Morgan fingerprint density at radius 1 is 1.28 bits per heavy atom. The molecule has 1 unspecified atom stereocenters. The zero-order valence-corrected chi connectivity index (χ0v) is 10.9. The van der Waals surface area contributed by atoms with Crippen LogP contribution in [0.3, 0.4) is 0 Å². The fourth-order valence-electron chi connectivity index (χ4n) is 1.66. The standard InChI is InChI=1S/C14H18O4/c1-4-9(2)10-5-11(13(16)8-15)7-12(6-10)14(17)18-3/h5-7,9,15H,4,8H2,1-3H3. The molecule has 4 nitrogen and oxygen atoms in total. The highest BCUT2D eigenvalue weighted by molar-refractivity contribution is 6.00. The minimum Gasteiger partial charge on any atom is -0.465 e. The van der Waals surface area contributed by atoms with E-state index in [9.17, 15) is 9.59 Å². The second-order valence-corrected chi connectivity index (χ2v) is 4.23. The monoisotopic (exact) mass is 250 g/mol. The van der Waals surface area contributed by atoms with E-state index in [0.29, 0.717) is 11.1 Å². The quantitative estimate of drug-likeness (QED) is 0.642. The van der Waals surface area contributed by atoms with Crippen molar-refractivity contribution in [2.75, 3.05) is 13.7 Å². The fraction of sp³-hybridized carbons (Fsp3) is 0.429. The number of hydrogen-bond acceptors (Lipinski definition) is 4. The molecule has 0 aromatic heterocycles. The molecule has 1 aromatic carbocycles. The van der Waals surface area contributed by atoms with Crippen LogP contribution < -0.4 is 0 Å². The predicted octanol–water partition coefficient (Wildman–Crippen LogP) is 2.16. The van der Waals surface area contributed by atoms with Gasteiger partial charge in [0.15, 0.2) is 5.78 Å². The summed E-state index contributed by atoms with van der Waals surface area (Å²) in [5.74, 6) is -0.641. The van der Waals surface area contributed by atoms with Gasteiger partial charge < -0.3 is 9.84 Å². The molecule has 0 heterocycles. The van der Waals surface area contributed by atoms with E-state index in [1.165, 1.54) is 13.2 Å². The third-order valence-corrected chi connectivity index (χ3v) is 3.02. The van der Waals surface area contributed by atoms with Crippen LogP contribution in [0.15, 0.2) is 18.2 Å². The number of rotatable bonds is 5. The molecule has 0 fully saturated rings. The zero-order valence-electron chi connectivity index (χ0n) is 10.9. The number of carbonyl (C=O) groups is 2. The molecule has 1 N–H and O–H groups in total. The number of carbonyl (C=O) groups excluding carboxylic acids is 2. The third-order valence-electron chi connectivity index (χ3n) is 3.02. The minimum absolute atomic E-state index is 0.236. The van der Waals surface area contributed by atoms with Crippen molar-refractivity contribution >= 4 is 11.8 Å². The zero-order chi connectivity index (χ0) is 13.7. The molecule has 0 radical (unpaired) electrons. The Bertz CT molecular complexity index is 417. The van der Waals surface area contributed by atoms with Gasteiger partial charge in [0.25, 0.3) is 0 Å². The molecular formula is C14H18O4. The number of ether oxygens (including phenoxy) is 1. The van der Waals surface area contributed by atoms with E-state index >= 15 is 0 Å². The number of hydrogen-bond donors (Lipinski definition) is 1. The summed E-state index contributed by atoms with van der Waals surface area (Å²) >= 11 is 0. The summed E-state index contributed by atoms with van der Waals surface area (Å²) in [6.45, 7) is 3.48. The van der Waals surface area contributed by atoms with E-state index in [-0.39, 0.29) is 5.92 Å². The molecule has 18 heavy (non-hydrogen) atoms. The Balaban J connectivity index is 3.28. The summed E-state index contributed by atoms with van der Waals surface area (Å²) in [7, 11) is 1.30. The molecular weight excluding hydrogens is 232 g/mol. The number of benzene rings is 1. The molecule has 1 atom stereocenters. The fourth-order valence-corrected chi connectivity index (χ4v) is 1.66. The van der Waals surface area contributed by atoms with Gasteiger partial charge in [0.1, 0.15) is 6.61 Å². The van der Waals surface area contributed by atoms with Crippen LogP contribution in [0.1, 0.15) is 52.5 Å². The first kappa shape index (κ1) is 14.4. The molecule has 0 bridgehead atoms. The molecule has 0 aliphatic rings. The Labute approximate surface area is 107 Å². The van der Waals surface area contributed by atoms with Crippen molar-refractivity contribution in [1.82, 2.24) is 0 Å². The maximum absolute atomic E-state index is 11.5. The van der Waals surface area contributed by atoms with Crippen LogP contribution in [0.5, 0.6) is 0 Å². The van der Waals surface area contributed by atoms with Crippen molar-refractivity contribution in [2.24, 2.45) is 0 Å². The molecule has 1 rings (SSSR count). The molecule has 1 aromatic rings. The Hall–Kier alpha value is -1.68. The van der Waals surface area contributed by atoms with Crippen molar-refractivity contribution in [1.29, 1.82) is 0 Å². The molecule has 4 heteroatoms. The lowest BCUT2D eigenvalue weighted by Crippen LogP contribution is -2.10. The highest BCUT2D eigenvalue weighted by atomic mass is 16.5. The van der Waals surface area contributed by atoms with E-state index in [4.69, 9.17) is 5.11 Å². The summed E-state index contributed by atoms with van der Waals surface area (Å²) in [6.07, 6.45) is 0.900. The largest absolute Gasteiger partial charge is 0.465 e. The first-order valence-corrected chi connectivity index (χ1v) is 5.90. The van der Waals surface area contributed by atoms with Crippen molar-refractivity contribution in [3.05, 3.63) is 34.9 Å². The molecule has 0 amide bonds. The number of aliphatic hydroxyl groups is 1. The molecule has 98 valence electrons. The van der Waals surface area contributed by atoms with Crippen molar-refractivity contribution in [3.8, 4) is 0 Å². The Morgan fingerprint density at radius 3 is 2.39 bits per heavy atom. The highest BCUT2D eigenvalue weighted by Gasteiger charge is 2.14. The van der Waals surface area contributed by atoms with Gasteiger partial charge in [-0.3, -0.25) is 4.79 Å². The topological polar surface area (TPSA) is 63.6 Å². The van der Waals surface area contributed by atoms with Crippen molar-refractivity contribution < 1.29 is 19.4 Å². The van der Waals surface area contributed by atoms with E-state index in [1.807, 2.05) is 13.8 Å². The van der Waals surface area contributed by atoms with E-state index in [0.717, 1.165) is 12.0 Å². The lowest BCUT2D eigenvalue weighted by Gasteiger charge is -2.12. The summed E-state index contributed by atoms with van der Waals surface area (Å²) in [4.78, 5) is 23.1. The van der Waals surface area contributed by atoms with Crippen LogP contribution in [0.25, 0.3) is 0 Å². The maximum atomic E-state index is 11.5. The molecule has 0 aliphatic carbocycles. The minimum atomic E-state index is -0.565. The first-order valence-electron chi connectivity index (χ1n) is 5.90. The summed E-state index contributed by atoms with van der Waals surface area (Å²) < 4.78 is 4.66. The van der Waals surface area contributed by atoms with Crippen LogP contribution in [-0.4, -0.2) is 30.6 Å². The van der Waals surface area contributed by atoms with Gasteiger partial charge in [-0.15, -0.1) is 0 Å². The van der Waals surface area contributed by atoms with Gasteiger partial charge in [0.05, 0.1) is 12.7 Å². The lowest BCUT2D eigenvalue weighted by molar-refractivity contribution is 0.0600. The smallest absolute Gasteiger partial charge is 0.337 e. The first-order chi connectivity index (χ1) is 8.53. The number of Topliss-reactive ketones (excluding diaryl/α,β-unsaturated/α-hetero) is 1. The average molecular weight is 250 g/mol. The van der Waals surface area contributed by atoms with Crippen LogP contribution in [0.4, 0.5) is 0 Å². The number of ketones is 1. The normalized spacial score (nSPS) is 12.0. The van der Waals surface area contributed by atoms with Crippen molar-refractivity contribution in [2.45, 2.75) is 26.2 Å². The van der Waals surface area contributed by atoms with Gasteiger partial charge in [0.2, 0.25) is 0 Å². The van der Waals surface area contributed by atoms with Gasteiger partial charge >= 0.3 is 5.97 Å². The van der Waals surface area contributed by atoms with E-state index in [1.54, 1.807) is 12.1 Å². The second-order valence-electron chi connectivity index (χ2n) is 4.23. The third kappa shape index (κ3) is 3.17. The molecule has 0 saturated carbocycles. The average Bonchev–Trinajstić information content (AvgIpc) is 2.43. The maximum Gasteiger partial charge on any atom is 0.337 e. The summed E-state index contributed by atoms with van der Waals surface area (Å²) in [5.41, 5.74) is 1.58. The Kier molecular flexibility index (Phi) is 5.04. The lowest BCUT2D eigenvalue weighted by atomic mass is 9.93. The second kappa shape index (κ2) is 6.31. The highest BCUT2D eigenvalue weighted by Crippen LogP contribution is 2.22. The van der Waals surface area contributed by atoms with Crippen LogP contribution in [-0.2, 0) is 4.74 Å². The van der Waals surface area contributed by atoms with Crippen molar-refractivity contribution in [3.63, 3.8) is 0 Å². The molecule has 0 spiro atoms. The van der Waals surface area contributed by atoms with Gasteiger partial charge in [-0.25, -0.2) is 4.79 Å². The van der Waals surface area contributed by atoms with Crippen LogP contribution in [0, 0.1) is 0 Å².